The molecule has 1 saturated heterocycles. The molecule has 1 aliphatic heterocycles. The first-order valence-corrected chi connectivity index (χ1v) is 8.05. The number of hydrogen-bond acceptors (Lipinski definition) is 2. The smallest absolute Gasteiger partial charge is 0.132 e. The van der Waals surface area contributed by atoms with E-state index in [4.69, 9.17) is 0 Å². The molecule has 1 saturated carbocycles. The minimum Gasteiger partial charge on any atom is -0.314 e. The Bertz CT molecular complexity index is 468. The molecule has 2 nitrogen and oxygen atoms in total. The van der Waals surface area contributed by atoms with Crippen LogP contribution < -0.4 is 5.32 Å². The second-order valence-corrected chi connectivity index (χ2v) is 6.62. The Hall–Kier alpha value is -0.230. The summed E-state index contributed by atoms with van der Waals surface area (Å²) >= 11 is 3.16. The van der Waals surface area contributed by atoms with Gasteiger partial charge in [0.1, 0.15) is 11.6 Å². The third-order valence-corrected chi connectivity index (χ3v) is 4.94. The first kappa shape index (κ1) is 17.1. The van der Waals surface area contributed by atoms with Gasteiger partial charge in [0.15, 0.2) is 0 Å². The molecule has 2 fully saturated rings. The molecule has 1 atom stereocenters. The zero-order valence-electron chi connectivity index (χ0n) is 11.7. The minimum atomic E-state index is -0.424. The van der Waals surface area contributed by atoms with Crippen molar-refractivity contribution in [1.82, 2.24) is 10.2 Å². The van der Waals surface area contributed by atoms with Gasteiger partial charge in [0, 0.05) is 42.3 Å². The average Bonchev–Trinajstić information content (AvgIpc) is 2.35. The number of benzene rings is 1. The molecule has 1 aliphatic carbocycles. The molecule has 2 aliphatic rings. The maximum Gasteiger partial charge on any atom is 0.132 e. The van der Waals surface area contributed by atoms with Gasteiger partial charge in [0.05, 0.1) is 0 Å². The SMILES string of the molecule is Cl.Fc1cc(Br)cc(F)c1[C@H](C1CCC1)N1CCNCC1. The van der Waals surface area contributed by atoms with E-state index in [1.165, 1.54) is 18.6 Å². The van der Waals surface area contributed by atoms with Crippen molar-refractivity contribution in [3.63, 3.8) is 0 Å². The van der Waals surface area contributed by atoms with Crippen molar-refractivity contribution >= 4 is 28.3 Å². The molecular formula is C15H20BrClF2N2. The first-order chi connectivity index (χ1) is 9.66. The van der Waals surface area contributed by atoms with Crippen LogP contribution in [-0.2, 0) is 0 Å². The van der Waals surface area contributed by atoms with Gasteiger partial charge in [-0.2, -0.15) is 0 Å². The topological polar surface area (TPSA) is 15.3 Å². The van der Waals surface area contributed by atoms with Gasteiger partial charge < -0.3 is 5.32 Å². The standard InChI is InChI=1S/C15H19BrF2N2.ClH/c16-11-8-12(17)14(13(18)9-11)15(10-2-1-3-10)20-6-4-19-5-7-20;/h8-10,15,19H,1-7H2;1H/t15-;/m0./s1. The molecule has 118 valence electrons. The van der Waals surface area contributed by atoms with E-state index in [0.29, 0.717) is 10.4 Å². The first-order valence-electron chi connectivity index (χ1n) is 7.26. The molecule has 1 N–H and O–H groups in total. The second-order valence-electron chi connectivity index (χ2n) is 5.70. The zero-order valence-corrected chi connectivity index (χ0v) is 14.2. The molecule has 1 aromatic rings. The zero-order chi connectivity index (χ0) is 14.1. The molecule has 1 aromatic carbocycles. The molecule has 0 radical (unpaired) electrons. The lowest BCUT2D eigenvalue weighted by Crippen LogP contribution is -2.48. The van der Waals surface area contributed by atoms with Crippen molar-refractivity contribution in [2.45, 2.75) is 25.3 Å². The molecule has 0 aromatic heterocycles. The molecule has 1 heterocycles. The summed E-state index contributed by atoms with van der Waals surface area (Å²) in [6.07, 6.45) is 3.32. The van der Waals surface area contributed by atoms with Crippen molar-refractivity contribution in [3.8, 4) is 0 Å². The Kier molecular flexibility index (Phi) is 6.00. The van der Waals surface area contributed by atoms with E-state index in [-0.39, 0.29) is 24.0 Å². The Morgan fingerprint density at radius 2 is 1.71 bits per heavy atom. The maximum atomic E-state index is 14.3. The number of nitrogens with zero attached hydrogens (tertiary/aromatic N) is 1. The van der Waals surface area contributed by atoms with E-state index in [1.807, 2.05) is 0 Å². The number of nitrogens with one attached hydrogen (secondary N) is 1. The van der Waals surface area contributed by atoms with E-state index < -0.39 is 11.6 Å². The lowest BCUT2D eigenvalue weighted by atomic mass is 9.76. The predicted octanol–water partition coefficient (Wildman–Crippen LogP) is 3.90. The Morgan fingerprint density at radius 1 is 1.14 bits per heavy atom. The van der Waals surface area contributed by atoms with Gasteiger partial charge in [-0.3, -0.25) is 4.90 Å². The lowest BCUT2D eigenvalue weighted by molar-refractivity contribution is 0.0784. The molecule has 0 spiro atoms. The summed E-state index contributed by atoms with van der Waals surface area (Å²) in [7, 11) is 0. The van der Waals surface area contributed by atoms with E-state index >= 15 is 0 Å². The highest BCUT2D eigenvalue weighted by Gasteiger charge is 2.36. The third-order valence-electron chi connectivity index (χ3n) is 4.48. The Morgan fingerprint density at radius 3 is 2.19 bits per heavy atom. The van der Waals surface area contributed by atoms with Crippen LogP contribution in [0.15, 0.2) is 16.6 Å². The quantitative estimate of drug-likeness (QED) is 0.854. The van der Waals surface area contributed by atoms with E-state index in [0.717, 1.165) is 39.0 Å². The fourth-order valence-corrected chi connectivity index (χ4v) is 3.67. The molecular weight excluding hydrogens is 362 g/mol. The fourth-order valence-electron chi connectivity index (χ4n) is 3.27. The monoisotopic (exact) mass is 380 g/mol. The van der Waals surface area contributed by atoms with Crippen molar-refractivity contribution in [1.29, 1.82) is 0 Å². The molecule has 0 unspecified atom stereocenters. The third kappa shape index (κ3) is 3.58. The van der Waals surface area contributed by atoms with Gasteiger partial charge in [-0.05, 0) is 30.9 Å². The molecule has 21 heavy (non-hydrogen) atoms. The van der Waals surface area contributed by atoms with E-state index in [9.17, 15) is 8.78 Å². The molecule has 3 rings (SSSR count). The van der Waals surface area contributed by atoms with Gasteiger partial charge in [-0.15, -0.1) is 12.4 Å². The maximum absolute atomic E-state index is 14.3. The van der Waals surface area contributed by atoms with Crippen molar-refractivity contribution in [2.24, 2.45) is 5.92 Å². The summed E-state index contributed by atoms with van der Waals surface area (Å²) in [6, 6.07) is 2.65. The number of hydrogen-bond donors (Lipinski definition) is 1. The van der Waals surface area contributed by atoms with Crippen LogP contribution in [0, 0.1) is 17.6 Å². The van der Waals surface area contributed by atoms with Crippen molar-refractivity contribution < 1.29 is 8.78 Å². The largest absolute Gasteiger partial charge is 0.314 e. The van der Waals surface area contributed by atoms with Crippen molar-refractivity contribution in [3.05, 3.63) is 33.8 Å². The van der Waals surface area contributed by atoms with E-state index in [2.05, 4.69) is 26.1 Å². The summed E-state index contributed by atoms with van der Waals surface area (Å²) < 4.78 is 29.1. The van der Waals surface area contributed by atoms with Gasteiger partial charge in [0.25, 0.3) is 0 Å². The van der Waals surface area contributed by atoms with Gasteiger partial charge in [-0.1, -0.05) is 22.4 Å². The summed E-state index contributed by atoms with van der Waals surface area (Å²) in [5, 5.41) is 3.30. The fraction of sp³-hybridized carbons (Fsp3) is 0.600. The summed E-state index contributed by atoms with van der Waals surface area (Å²) in [6.45, 7) is 3.50. The highest BCUT2D eigenvalue weighted by molar-refractivity contribution is 9.10. The van der Waals surface area contributed by atoms with Crippen LogP contribution in [0.1, 0.15) is 30.9 Å². The van der Waals surface area contributed by atoms with Gasteiger partial charge in [0.2, 0.25) is 0 Å². The lowest BCUT2D eigenvalue weighted by Gasteiger charge is -2.43. The van der Waals surface area contributed by atoms with E-state index in [1.54, 1.807) is 0 Å². The van der Waals surface area contributed by atoms with Crippen LogP contribution in [0.2, 0.25) is 0 Å². The number of rotatable bonds is 3. The van der Waals surface area contributed by atoms with Crippen LogP contribution in [-0.4, -0.2) is 31.1 Å². The second kappa shape index (κ2) is 7.36. The van der Waals surface area contributed by atoms with Crippen LogP contribution >= 0.6 is 28.3 Å². The normalized spacial score (nSPS) is 21.5. The summed E-state index contributed by atoms with van der Waals surface area (Å²) in [5.41, 5.74) is 0.264. The van der Waals surface area contributed by atoms with Crippen LogP contribution in [0.3, 0.4) is 0 Å². The van der Waals surface area contributed by atoms with Gasteiger partial charge in [-0.25, -0.2) is 8.78 Å². The predicted molar refractivity (Wildman–Crippen MR) is 85.8 cm³/mol. The average molecular weight is 382 g/mol. The Balaban J connectivity index is 0.00000161. The van der Waals surface area contributed by atoms with Gasteiger partial charge >= 0.3 is 0 Å². The summed E-state index contributed by atoms with van der Waals surface area (Å²) in [5.74, 6) is -0.460. The Labute approximate surface area is 138 Å². The number of piperazine rings is 1. The van der Waals surface area contributed by atoms with Crippen LogP contribution in [0.4, 0.5) is 8.78 Å². The minimum absolute atomic E-state index is 0. The van der Waals surface area contributed by atoms with Crippen LogP contribution in [0.25, 0.3) is 0 Å². The molecule has 0 amide bonds. The number of halogens is 4. The molecule has 0 bridgehead atoms. The highest BCUT2D eigenvalue weighted by atomic mass is 79.9. The highest BCUT2D eigenvalue weighted by Crippen LogP contribution is 2.43. The summed E-state index contributed by atoms with van der Waals surface area (Å²) in [4.78, 5) is 2.25. The van der Waals surface area contributed by atoms with Crippen molar-refractivity contribution in [2.75, 3.05) is 26.2 Å². The molecule has 6 heteroatoms. The van der Waals surface area contributed by atoms with Crippen LogP contribution in [0.5, 0.6) is 0 Å².